The maximum Gasteiger partial charge on any atom is 0.114 e. The second-order valence-corrected chi connectivity index (χ2v) is 2.95. The lowest BCUT2D eigenvalue weighted by atomic mass is 10.2. The Kier molecular flexibility index (Phi) is 2.05. The molecule has 2 N–H and O–H groups in total. The van der Waals surface area contributed by atoms with Gasteiger partial charge in [0.25, 0.3) is 0 Å². The summed E-state index contributed by atoms with van der Waals surface area (Å²) in [6.45, 7) is 3.13. The molecule has 1 fully saturated rings. The van der Waals surface area contributed by atoms with E-state index < -0.39 is 0 Å². The van der Waals surface area contributed by atoms with Crippen LogP contribution < -0.4 is 11.0 Å². The molecule has 1 saturated heterocycles. The van der Waals surface area contributed by atoms with Crippen LogP contribution in [0.2, 0.25) is 0 Å². The predicted octanol–water partition coefficient (Wildman–Crippen LogP) is -0.106. The van der Waals surface area contributed by atoms with E-state index >= 15 is 0 Å². The van der Waals surface area contributed by atoms with Crippen molar-refractivity contribution in [2.75, 3.05) is 19.6 Å². The first-order valence-corrected chi connectivity index (χ1v) is 4.26. The summed E-state index contributed by atoms with van der Waals surface area (Å²) in [5, 5.41) is 2.12. The number of amidine groups is 1. The first kappa shape index (κ1) is 7.06. The van der Waals surface area contributed by atoms with Crippen molar-refractivity contribution in [3.05, 3.63) is 0 Å². The molecule has 4 heteroatoms. The van der Waals surface area contributed by atoms with Gasteiger partial charge < -0.3 is 0 Å². The van der Waals surface area contributed by atoms with Gasteiger partial charge in [-0.25, -0.2) is 5.43 Å². The molecule has 0 bridgehead atoms. The van der Waals surface area contributed by atoms with Crippen LogP contribution in [-0.4, -0.2) is 30.5 Å². The second-order valence-electron chi connectivity index (χ2n) is 2.95. The number of hydrogen-bond acceptors (Lipinski definition) is 4. The Bertz CT molecular complexity index is 166. The fourth-order valence-electron chi connectivity index (χ4n) is 1.47. The molecule has 2 aliphatic heterocycles. The molecule has 0 aromatic heterocycles. The number of aliphatic imine (C=N–C) groups is 1. The van der Waals surface area contributed by atoms with E-state index in [0.717, 1.165) is 32.5 Å². The molecule has 0 spiro atoms. The third kappa shape index (κ3) is 1.52. The predicted molar refractivity (Wildman–Crippen MR) is 44.0 cm³/mol. The van der Waals surface area contributed by atoms with Gasteiger partial charge in [0.2, 0.25) is 0 Å². The lowest BCUT2D eigenvalue weighted by molar-refractivity contribution is 0.252. The van der Waals surface area contributed by atoms with Crippen molar-refractivity contribution >= 4 is 5.84 Å². The molecule has 0 radical (unpaired) electrons. The highest BCUT2D eigenvalue weighted by atomic mass is 15.7. The summed E-state index contributed by atoms with van der Waals surface area (Å²) in [6, 6.07) is 0. The molecule has 0 aliphatic carbocycles. The Morgan fingerprint density at radius 2 is 2.36 bits per heavy atom. The van der Waals surface area contributed by atoms with Crippen molar-refractivity contribution in [2.45, 2.75) is 19.3 Å². The summed E-state index contributed by atoms with van der Waals surface area (Å²) in [5.41, 5.74) is 6.28. The van der Waals surface area contributed by atoms with Gasteiger partial charge in [0, 0.05) is 26.1 Å². The highest BCUT2D eigenvalue weighted by Gasteiger charge is 2.16. The van der Waals surface area contributed by atoms with Gasteiger partial charge in [-0.1, -0.05) is 0 Å². The highest BCUT2D eigenvalue weighted by Crippen LogP contribution is 2.06. The Morgan fingerprint density at radius 3 is 3.36 bits per heavy atom. The van der Waals surface area contributed by atoms with Gasteiger partial charge in [0.15, 0.2) is 0 Å². The highest BCUT2D eigenvalue weighted by molar-refractivity contribution is 5.82. The fourth-order valence-corrected chi connectivity index (χ4v) is 1.47. The van der Waals surface area contributed by atoms with E-state index in [1.54, 1.807) is 0 Å². The van der Waals surface area contributed by atoms with Gasteiger partial charge >= 0.3 is 0 Å². The van der Waals surface area contributed by atoms with Crippen LogP contribution in [-0.2, 0) is 0 Å². The molecule has 4 nitrogen and oxygen atoms in total. The summed E-state index contributed by atoms with van der Waals surface area (Å²) >= 11 is 0. The number of fused-ring (bicyclic) bond motifs is 1. The van der Waals surface area contributed by atoms with Crippen LogP contribution in [0.4, 0.5) is 0 Å². The topological polar surface area (TPSA) is 39.7 Å². The maximum absolute atomic E-state index is 4.45. The molecular formula is C7H14N4. The lowest BCUT2D eigenvalue weighted by Crippen LogP contribution is -2.49. The minimum atomic E-state index is 1.01. The molecular weight excluding hydrogens is 140 g/mol. The van der Waals surface area contributed by atoms with Crippen LogP contribution >= 0.6 is 0 Å². The average Bonchev–Trinajstić information content (AvgIpc) is 2.28. The van der Waals surface area contributed by atoms with Gasteiger partial charge in [0.05, 0.1) is 0 Å². The van der Waals surface area contributed by atoms with E-state index in [1.165, 1.54) is 12.3 Å². The molecule has 62 valence electrons. The molecule has 0 atom stereocenters. The van der Waals surface area contributed by atoms with E-state index in [0.29, 0.717) is 0 Å². The quantitative estimate of drug-likeness (QED) is 0.511. The lowest BCUT2D eigenvalue weighted by Gasteiger charge is -2.27. The molecule has 11 heavy (non-hydrogen) atoms. The van der Waals surface area contributed by atoms with Gasteiger partial charge in [0.1, 0.15) is 5.84 Å². The zero-order valence-corrected chi connectivity index (χ0v) is 6.64. The number of nitrogens with one attached hydrogen (secondary N) is 2. The van der Waals surface area contributed by atoms with Crippen LogP contribution in [0.15, 0.2) is 4.99 Å². The minimum Gasteiger partial charge on any atom is -0.282 e. The van der Waals surface area contributed by atoms with Crippen LogP contribution in [0.1, 0.15) is 19.3 Å². The van der Waals surface area contributed by atoms with E-state index in [2.05, 4.69) is 21.0 Å². The van der Waals surface area contributed by atoms with Crippen molar-refractivity contribution in [3.63, 3.8) is 0 Å². The Labute approximate surface area is 66.6 Å². The number of hydrazine groups is 2. The standard InChI is InChI=1S/C7H14N4/c1-3-7-8-4-2-6-11(7)10-9-5-1/h9-10H,1-6H2. The van der Waals surface area contributed by atoms with Crippen molar-refractivity contribution < 1.29 is 0 Å². The molecule has 0 aromatic carbocycles. The van der Waals surface area contributed by atoms with Crippen molar-refractivity contribution in [3.8, 4) is 0 Å². The summed E-state index contributed by atoms with van der Waals surface area (Å²) in [7, 11) is 0. The van der Waals surface area contributed by atoms with Gasteiger partial charge in [-0.15, -0.1) is 0 Å². The average molecular weight is 154 g/mol. The summed E-state index contributed by atoms with van der Waals surface area (Å²) < 4.78 is 0. The van der Waals surface area contributed by atoms with Crippen molar-refractivity contribution in [1.82, 2.24) is 16.0 Å². The SMILES string of the molecule is C1CNNN2CCCN=C2C1. The zero-order valence-electron chi connectivity index (χ0n) is 6.64. The van der Waals surface area contributed by atoms with Gasteiger partial charge in [-0.3, -0.25) is 10.0 Å². The van der Waals surface area contributed by atoms with E-state index in [9.17, 15) is 0 Å². The smallest absolute Gasteiger partial charge is 0.114 e. The minimum absolute atomic E-state index is 1.01. The maximum atomic E-state index is 4.45. The van der Waals surface area contributed by atoms with E-state index in [4.69, 9.17) is 0 Å². The number of rotatable bonds is 0. The first-order valence-electron chi connectivity index (χ1n) is 4.26. The molecule has 0 unspecified atom stereocenters. The summed E-state index contributed by atoms with van der Waals surface area (Å²) in [5.74, 6) is 1.22. The third-order valence-corrected chi connectivity index (χ3v) is 2.06. The largest absolute Gasteiger partial charge is 0.282 e. The molecule has 0 aromatic rings. The Hall–Kier alpha value is -0.610. The fraction of sp³-hybridized carbons (Fsp3) is 0.857. The third-order valence-electron chi connectivity index (χ3n) is 2.06. The van der Waals surface area contributed by atoms with Crippen LogP contribution in [0.3, 0.4) is 0 Å². The zero-order chi connectivity index (χ0) is 7.52. The number of nitrogens with zero attached hydrogens (tertiary/aromatic N) is 2. The van der Waals surface area contributed by atoms with Crippen LogP contribution in [0, 0.1) is 0 Å². The molecule has 2 aliphatic rings. The van der Waals surface area contributed by atoms with Crippen molar-refractivity contribution in [2.24, 2.45) is 4.99 Å². The first-order chi connectivity index (χ1) is 5.47. The van der Waals surface area contributed by atoms with E-state index in [-0.39, 0.29) is 0 Å². The summed E-state index contributed by atoms with van der Waals surface area (Å²) in [6.07, 6.45) is 3.46. The molecule has 2 heterocycles. The molecule has 2 rings (SSSR count). The van der Waals surface area contributed by atoms with Gasteiger partial charge in [-0.05, 0) is 12.8 Å². The summed E-state index contributed by atoms with van der Waals surface area (Å²) in [4.78, 5) is 4.45. The van der Waals surface area contributed by atoms with Gasteiger partial charge in [-0.2, -0.15) is 5.53 Å². The van der Waals surface area contributed by atoms with E-state index in [1.807, 2.05) is 0 Å². The Balaban J connectivity index is 2.07. The number of hydrogen-bond donors (Lipinski definition) is 2. The molecule has 0 saturated carbocycles. The van der Waals surface area contributed by atoms with Crippen LogP contribution in [0.5, 0.6) is 0 Å². The molecule has 0 amide bonds. The van der Waals surface area contributed by atoms with Crippen LogP contribution in [0.25, 0.3) is 0 Å². The normalized spacial score (nSPS) is 25.5. The second kappa shape index (κ2) is 3.19. The Morgan fingerprint density at radius 1 is 1.36 bits per heavy atom. The van der Waals surface area contributed by atoms with Crippen molar-refractivity contribution in [1.29, 1.82) is 0 Å². The monoisotopic (exact) mass is 154 g/mol.